The Bertz CT molecular complexity index is 1250. The van der Waals surface area contributed by atoms with Gasteiger partial charge >= 0.3 is 5.97 Å². The van der Waals surface area contributed by atoms with Crippen LogP contribution in [0, 0.1) is 28.6 Å². The summed E-state index contributed by atoms with van der Waals surface area (Å²) in [6.07, 6.45) is 16.8. The highest BCUT2D eigenvalue weighted by Crippen LogP contribution is 2.66. The molecule has 0 aliphatic heterocycles. The molecule has 7 atom stereocenters. The van der Waals surface area contributed by atoms with E-state index in [1.165, 1.54) is 36.0 Å². The summed E-state index contributed by atoms with van der Waals surface area (Å²) in [7, 11) is 0. The number of carbonyl (C=O) groups is 1. The zero-order valence-electron chi connectivity index (χ0n) is 22.6. The molecular formula is C33H40N2O3. The van der Waals surface area contributed by atoms with Crippen molar-refractivity contribution >= 4 is 11.5 Å². The quantitative estimate of drug-likeness (QED) is 0.367. The van der Waals surface area contributed by atoms with Crippen LogP contribution in [0.1, 0.15) is 69.9 Å². The van der Waals surface area contributed by atoms with Crippen LogP contribution in [-0.4, -0.2) is 28.2 Å². The molecule has 38 heavy (non-hydrogen) atoms. The molecule has 0 saturated heterocycles. The molecule has 6 rings (SSSR count). The van der Waals surface area contributed by atoms with Crippen LogP contribution in [0.25, 0.3) is 5.57 Å². The van der Waals surface area contributed by atoms with Crippen molar-refractivity contribution in [3.8, 4) is 5.75 Å². The predicted octanol–water partition coefficient (Wildman–Crippen LogP) is 6.23. The molecule has 2 saturated carbocycles. The van der Waals surface area contributed by atoms with Crippen molar-refractivity contribution < 1.29 is 14.6 Å². The number of phenolic OH excluding ortho intramolecular Hbond substituents is 1. The lowest BCUT2D eigenvalue weighted by molar-refractivity contribution is -0.153. The van der Waals surface area contributed by atoms with E-state index in [1.54, 1.807) is 24.3 Å². The van der Waals surface area contributed by atoms with Crippen molar-refractivity contribution in [2.24, 2.45) is 34.3 Å². The molecule has 0 spiro atoms. The smallest absolute Gasteiger partial charge is 0.323 e. The van der Waals surface area contributed by atoms with Crippen LogP contribution >= 0.6 is 0 Å². The Labute approximate surface area is 226 Å². The Morgan fingerprint density at radius 2 is 1.87 bits per heavy atom. The van der Waals surface area contributed by atoms with Gasteiger partial charge in [-0.2, -0.15) is 0 Å². The van der Waals surface area contributed by atoms with E-state index in [4.69, 9.17) is 10.5 Å². The van der Waals surface area contributed by atoms with Crippen molar-refractivity contribution in [3.05, 3.63) is 77.6 Å². The van der Waals surface area contributed by atoms with Gasteiger partial charge in [-0.25, -0.2) is 0 Å². The second kappa shape index (κ2) is 9.68. The molecule has 5 heteroatoms. The number of ether oxygens (including phenoxy) is 1. The summed E-state index contributed by atoms with van der Waals surface area (Å²) in [5.41, 5.74) is 11.8. The first-order chi connectivity index (χ1) is 18.3. The topological polar surface area (TPSA) is 85.4 Å². The molecule has 2 aromatic rings. The third kappa shape index (κ3) is 4.29. The Morgan fingerprint density at radius 3 is 2.63 bits per heavy atom. The van der Waals surface area contributed by atoms with Crippen molar-refractivity contribution in [2.75, 3.05) is 0 Å². The van der Waals surface area contributed by atoms with E-state index < -0.39 is 6.04 Å². The fraction of sp³-hybridized carbons (Fsp3) is 0.515. The van der Waals surface area contributed by atoms with Gasteiger partial charge < -0.3 is 15.6 Å². The van der Waals surface area contributed by atoms with Crippen molar-refractivity contribution in [1.82, 2.24) is 4.98 Å². The van der Waals surface area contributed by atoms with Crippen LogP contribution in [-0.2, 0) is 16.0 Å². The van der Waals surface area contributed by atoms with Gasteiger partial charge in [-0.3, -0.25) is 9.78 Å². The van der Waals surface area contributed by atoms with E-state index in [-0.39, 0.29) is 28.7 Å². The van der Waals surface area contributed by atoms with Crippen LogP contribution < -0.4 is 5.73 Å². The Kier molecular flexibility index (Phi) is 6.46. The van der Waals surface area contributed by atoms with Crippen LogP contribution in [0.2, 0.25) is 0 Å². The fourth-order valence-corrected chi connectivity index (χ4v) is 8.49. The van der Waals surface area contributed by atoms with Gasteiger partial charge in [0.1, 0.15) is 17.9 Å². The monoisotopic (exact) mass is 512 g/mol. The highest BCUT2D eigenvalue weighted by Gasteiger charge is 2.57. The number of hydrogen-bond acceptors (Lipinski definition) is 5. The zero-order chi connectivity index (χ0) is 26.5. The second-order valence-electron chi connectivity index (χ2n) is 12.6. The van der Waals surface area contributed by atoms with Crippen LogP contribution in [0.3, 0.4) is 0 Å². The van der Waals surface area contributed by atoms with E-state index in [1.807, 2.05) is 12.4 Å². The number of nitrogens with zero attached hydrogens (tertiary/aromatic N) is 1. The molecule has 0 radical (unpaired) electrons. The third-order valence-corrected chi connectivity index (χ3v) is 10.6. The minimum Gasteiger partial charge on any atom is -0.508 e. The predicted molar refractivity (Wildman–Crippen MR) is 149 cm³/mol. The molecule has 1 heterocycles. The van der Waals surface area contributed by atoms with Crippen LogP contribution in [0.4, 0.5) is 0 Å². The number of rotatable bonds is 5. The number of aromatic nitrogens is 1. The molecule has 7 unspecified atom stereocenters. The minimum atomic E-state index is -0.697. The van der Waals surface area contributed by atoms with E-state index in [9.17, 15) is 9.90 Å². The minimum absolute atomic E-state index is 0.0940. The first-order valence-electron chi connectivity index (χ1n) is 14.3. The Balaban J connectivity index is 1.12. The van der Waals surface area contributed by atoms with Gasteiger partial charge in [0.15, 0.2) is 0 Å². The average molecular weight is 513 g/mol. The first kappa shape index (κ1) is 25.4. The van der Waals surface area contributed by atoms with Gasteiger partial charge in [-0.15, -0.1) is 0 Å². The lowest BCUT2D eigenvalue weighted by Crippen LogP contribution is -2.50. The second-order valence-corrected chi connectivity index (χ2v) is 12.6. The average Bonchev–Trinajstić information content (AvgIpc) is 3.28. The summed E-state index contributed by atoms with van der Waals surface area (Å²) in [5.74, 6) is 1.95. The molecule has 2 fully saturated rings. The van der Waals surface area contributed by atoms with Gasteiger partial charge in [-0.1, -0.05) is 49.8 Å². The zero-order valence-corrected chi connectivity index (χ0v) is 22.6. The van der Waals surface area contributed by atoms with Crippen LogP contribution in [0.15, 0.2) is 66.5 Å². The van der Waals surface area contributed by atoms with Crippen molar-refractivity contribution in [1.29, 1.82) is 0 Å². The fourth-order valence-electron chi connectivity index (χ4n) is 8.49. The molecule has 4 aliphatic carbocycles. The first-order valence-corrected chi connectivity index (χ1v) is 14.3. The Hall–Kier alpha value is -2.92. The van der Waals surface area contributed by atoms with Gasteiger partial charge in [0.05, 0.1) is 0 Å². The van der Waals surface area contributed by atoms with Crippen molar-refractivity contribution in [2.45, 2.75) is 77.4 Å². The number of benzene rings is 1. The molecular weight excluding hydrogens is 472 g/mol. The van der Waals surface area contributed by atoms with E-state index in [0.717, 1.165) is 31.2 Å². The lowest BCUT2D eigenvalue weighted by Gasteiger charge is -2.57. The van der Waals surface area contributed by atoms with Gasteiger partial charge in [0.25, 0.3) is 0 Å². The number of hydrogen-bond donors (Lipinski definition) is 2. The number of carbonyl (C=O) groups excluding carboxylic acids is 1. The van der Waals surface area contributed by atoms with Gasteiger partial charge in [0.2, 0.25) is 0 Å². The standard InChI is InChI=1S/C33H40N2O3/c1-32-15-13-25(38-31(37)30(34)18-21-5-8-24(36)9-6-21)19-23(32)7-10-26-28-12-11-27(22-4-3-17-35-20-22)33(28,2)16-14-29(26)32/h3-9,11,17,20,25-26,28-30,36H,10,12-16,18-19,34H2,1-2H3. The summed E-state index contributed by atoms with van der Waals surface area (Å²) < 4.78 is 5.96. The number of allylic oxidation sites excluding steroid dienone is 3. The maximum absolute atomic E-state index is 12.8. The van der Waals surface area contributed by atoms with Crippen LogP contribution in [0.5, 0.6) is 5.75 Å². The number of fused-ring (bicyclic) bond motifs is 5. The number of nitrogens with two attached hydrogens (primary N) is 1. The third-order valence-electron chi connectivity index (χ3n) is 10.6. The number of phenols is 1. The lowest BCUT2D eigenvalue weighted by atomic mass is 9.47. The molecule has 5 nitrogen and oxygen atoms in total. The SMILES string of the molecule is CC12CCC(OC(=O)C(N)Cc3ccc(O)cc3)CC1=CCC1C2CCC2(C)C(c3cccnc3)=CCC12. The van der Waals surface area contributed by atoms with E-state index >= 15 is 0 Å². The molecule has 200 valence electrons. The summed E-state index contributed by atoms with van der Waals surface area (Å²) in [4.78, 5) is 17.2. The molecule has 0 bridgehead atoms. The van der Waals surface area contributed by atoms with Gasteiger partial charge in [0, 0.05) is 18.8 Å². The molecule has 0 amide bonds. The maximum Gasteiger partial charge on any atom is 0.323 e. The molecule has 4 aliphatic rings. The summed E-state index contributed by atoms with van der Waals surface area (Å²) in [6.45, 7) is 4.98. The summed E-state index contributed by atoms with van der Waals surface area (Å²) >= 11 is 0. The van der Waals surface area contributed by atoms with E-state index in [0.29, 0.717) is 24.2 Å². The number of aromatic hydroxyl groups is 1. The summed E-state index contributed by atoms with van der Waals surface area (Å²) in [5, 5.41) is 9.49. The summed E-state index contributed by atoms with van der Waals surface area (Å²) in [6, 6.07) is 10.4. The maximum atomic E-state index is 12.8. The highest BCUT2D eigenvalue weighted by molar-refractivity contribution is 5.76. The highest BCUT2D eigenvalue weighted by atomic mass is 16.5. The number of esters is 1. The molecule has 3 N–H and O–H groups in total. The van der Waals surface area contributed by atoms with E-state index in [2.05, 4.69) is 43.1 Å². The normalized spacial score (nSPS) is 34.7. The van der Waals surface area contributed by atoms with Crippen molar-refractivity contribution in [3.63, 3.8) is 0 Å². The molecule has 1 aromatic heterocycles. The van der Waals surface area contributed by atoms with Gasteiger partial charge in [-0.05, 0) is 108 Å². The largest absolute Gasteiger partial charge is 0.508 e. The number of pyridine rings is 1. The Morgan fingerprint density at radius 1 is 1.08 bits per heavy atom. The molecule has 1 aromatic carbocycles.